The quantitative estimate of drug-likeness (QED) is 0.686. The van der Waals surface area contributed by atoms with Gasteiger partial charge >= 0.3 is 0 Å². The first kappa shape index (κ1) is 15.8. The SMILES string of the molecule is CN1c2ccccc2C(=O)NC1c1cn[nH]c1-c1ccc(Br)c(F)c1. The average Bonchev–Trinajstić information content (AvgIpc) is 3.10. The fourth-order valence-corrected chi connectivity index (χ4v) is 3.33. The lowest BCUT2D eigenvalue weighted by Gasteiger charge is -2.36. The minimum Gasteiger partial charge on any atom is -0.350 e. The minimum absolute atomic E-state index is 0.146. The molecule has 1 aromatic heterocycles. The van der Waals surface area contributed by atoms with Crippen LogP contribution in [0.4, 0.5) is 10.1 Å². The van der Waals surface area contributed by atoms with Crippen LogP contribution < -0.4 is 10.2 Å². The first-order valence-corrected chi connectivity index (χ1v) is 8.47. The summed E-state index contributed by atoms with van der Waals surface area (Å²) in [7, 11) is 1.90. The van der Waals surface area contributed by atoms with Gasteiger partial charge in [-0.25, -0.2) is 4.39 Å². The third-order valence-electron chi connectivity index (χ3n) is 4.36. The molecule has 0 spiro atoms. The number of fused-ring (bicyclic) bond motifs is 1. The molecule has 25 heavy (non-hydrogen) atoms. The number of halogens is 2. The number of carbonyl (C=O) groups excluding carboxylic acids is 1. The van der Waals surface area contributed by atoms with Gasteiger partial charge in [-0.2, -0.15) is 5.10 Å². The van der Waals surface area contributed by atoms with Gasteiger partial charge in [-0.3, -0.25) is 9.89 Å². The van der Waals surface area contributed by atoms with Crippen LogP contribution in [0.2, 0.25) is 0 Å². The Hall–Kier alpha value is -2.67. The Kier molecular flexibility index (Phi) is 3.80. The molecule has 0 fully saturated rings. The molecule has 0 bridgehead atoms. The first-order chi connectivity index (χ1) is 12.1. The largest absolute Gasteiger partial charge is 0.350 e. The average molecular weight is 401 g/mol. The number of hydrogen-bond donors (Lipinski definition) is 2. The molecule has 1 aliphatic heterocycles. The molecule has 2 N–H and O–H groups in total. The van der Waals surface area contributed by atoms with Crippen LogP contribution in [-0.2, 0) is 0 Å². The summed E-state index contributed by atoms with van der Waals surface area (Å²) >= 11 is 3.16. The fourth-order valence-electron chi connectivity index (χ4n) is 3.08. The summed E-state index contributed by atoms with van der Waals surface area (Å²) in [6, 6.07) is 12.3. The second-order valence-electron chi connectivity index (χ2n) is 5.83. The van der Waals surface area contributed by atoms with Gasteiger partial charge in [0, 0.05) is 18.2 Å². The maximum absolute atomic E-state index is 13.9. The highest BCUT2D eigenvalue weighted by Gasteiger charge is 2.31. The maximum atomic E-state index is 13.9. The van der Waals surface area contributed by atoms with Crippen molar-refractivity contribution in [2.24, 2.45) is 0 Å². The zero-order chi connectivity index (χ0) is 17.6. The smallest absolute Gasteiger partial charge is 0.255 e. The highest BCUT2D eigenvalue weighted by atomic mass is 79.9. The highest BCUT2D eigenvalue weighted by Crippen LogP contribution is 2.35. The summed E-state index contributed by atoms with van der Waals surface area (Å²) < 4.78 is 14.3. The minimum atomic E-state index is -0.400. The molecular weight excluding hydrogens is 387 g/mol. The van der Waals surface area contributed by atoms with Crippen LogP contribution in [0.15, 0.2) is 53.1 Å². The van der Waals surface area contributed by atoms with Gasteiger partial charge in [0.15, 0.2) is 0 Å². The van der Waals surface area contributed by atoms with Crippen LogP contribution in [0.3, 0.4) is 0 Å². The van der Waals surface area contributed by atoms with Crippen LogP contribution in [0.25, 0.3) is 11.3 Å². The van der Waals surface area contributed by atoms with Crippen LogP contribution in [-0.4, -0.2) is 23.2 Å². The molecule has 126 valence electrons. The predicted octanol–water partition coefficient (Wildman–Crippen LogP) is 3.86. The van der Waals surface area contributed by atoms with Crippen molar-refractivity contribution in [3.63, 3.8) is 0 Å². The standard InChI is InChI=1S/C18H14BrFN4O/c1-24-15-5-3-2-4-11(15)18(25)22-17(24)12-9-21-23-16(12)10-6-7-13(19)14(20)8-10/h2-9,17H,1H3,(H,21,23)(H,22,25). The molecule has 2 aromatic carbocycles. The van der Waals surface area contributed by atoms with E-state index >= 15 is 0 Å². The van der Waals surface area contributed by atoms with Crippen molar-refractivity contribution in [1.82, 2.24) is 15.5 Å². The van der Waals surface area contributed by atoms with Gasteiger partial charge in [0.2, 0.25) is 0 Å². The third kappa shape index (κ3) is 2.60. The van der Waals surface area contributed by atoms with E-state index in [1.54, 1.807) is 24.4 Å². The zero-order valence-corrected chi connectivity index (χ0v) is 14.8. The van der Waals surface area contributed by atoms with Gasteiger partial charge in [0.1, 0.15) is 12.0 Å². The Morgan fingerprint density at radius 3 is 2.84 bits per heavy atom. The monoisotopic (exact) mass is 400 g/mol. The normalized spacial score (nSPS) is 16.5. The number of hydrogen-bond acceptors (Lipinski definition) is 3. The molecule has 1 aliphatic rings. The number of rotatable bonds is 2. The van der Waals surface area contributed by atoms with E-state index in [1.165, 1.54) is 6.07 Å². The van der Waals surface area contributed by atoms with E-state index in [2.05, 4.69) is 31.4 Å². The third-order valence-corrected chi connectivity index (χ3v) is 5.00. The van der Waals surface area contributed by atoms with E-state index in [4.69, 9.17) is 0 Å². The van der Waals surface area contributed by atoms with Crippen molar-refractivity contribution in [2.75, 3.05) is 11.9 Å². The Morgan fingerprint density at radius 2 is 2.04 bits per heavy atom. The number of anilines is 1. The molecule has 7 heteroatoms. The molecule has 0 aliphatic carbocycles. The molecule has 0 radical (unpaired) electrons. The summed E-state index contributed by atoms with van der Waals surface area (Å²) in [4.78, 5) is 14.4. The maximum Gasteiger partial charge on any atom is 0.255 e. The summed E-state index contributed by atoms with van der Waals surface area (Å²) in [6.07, 6.45) is 1.26. The topological polar surface area (TPSA) is 61.0 Å². The number of nitrogens with zero attached hydrogens (tertiary/aromatic N) is 2. The van der Waals surface area contributed by atoms with Gasteiger partial charge in [0.05, 0.1) is 27.6 Å². The molecule has 4 rings (SSSR count). The van der Waals surface area contributed by atoms with Crippen molar-refractivity contribution in [2.45, 2.75) is 6.17 Å². The summed E-state index contributed by atoms with van der Waals surface area (Å²) in [6.45, 7) is 0. The number of amides is 1. The molecule has 0 saturated heterocycles. The van der Waals surface area contributed by atoms with Crippen LogP contribution in [0.1, 0.15) is 22.1 Å². The van der Waals surface area contributed by atoms with Crippen molar-refractivity contribution < 1.29 is 9.18 Å². The van der Waals surface area contributed by atoms with Crippen LogP contribution >= 0.6 is 15.9 Å². The number of aromatic amines is 1. The molecule has 3 aromatic rings. The Balaban J connectivity index is 1.78. The van der Waals surface area contributed by atoms with Gasteiger partial charge < -0.3 is 10.2 Å². The molecule has 5 nitrogen and oxygen atoms in total. The molecule has 1 amide bonds. The number of nitrogens with one attached hydrogen (secondary N) is 2. The zero-order valence-electron chi connectivity index (χ0n) is 13.3. The molecule has 1 atom stereocenters. The Bertz CT molecular complexity index is 971. The van der Waals surface area contributed by atoms with Crippen LogP contribution in [0.5, 0.6) is 0 Å². The van der Waals surface area contributed by atoms with Gasteiger partial charge in [0.25, 0.3) is 5.91 Å². The molecular formula is C18H14BrFN4O. The second-order valence-corrected chi connectivity index (χ2v) is 6.69. The van der Waals surface area contributed by atoms with Crippen molar-refractivity contribution in [3.05, 3.63) is 70.1 Å². The Morgan fingerprint density at radius 1 is 1.24 bits per heavy atom. The molecule has 1 unspecified atom stereocenters. The van der Waals surface area contributed by atoms with Crippen molar-refractivity contribution in [3.8, 4) is 11.3 Å². The summed E-state index contributed by atoms with van der Waals surface area (Å²) in [5.41, 5.74) is 3.57. The number of benzene rings is 2. The van der Waals surface area contributed by atoms with Gasteiger partial charge in [-0.1, -0.05) is 18.2 Å². The van der Waals surface area contributed by atoms with E-state index in [0.29, 0.717) is 21.3 Å². The molecule has 2 heterocycles. The second kappa shape index (κ2) is 6.00. The number of H-pyrrole nitrogens is 1. The molecule has 0 saturated carbocycles. The van der Waals surface area contributed by atoms with E-state index in [9.17, 15) is 9.18 Å². The van der Waals surface area contributed by atoms with Crippen molar-refractivity contribution >= 4 is 27.5 Å². The fraction of sp³-hybridized carbons (Fsp3) is 0.111. The van der Waals surface area contributed by atoms with E-state index in [0.717, 1.165) is 11.3 Å². The first-order valence-electron chi connectivity index (χ1n) is 7.67. The number of carbonyl (C=O) groups is 1. The lowest BCUT2D eigenvalue weighted by Crippen LogP contribution is -2.44. The number of para-hydroxylation sites is 1. The van der Waals surface area contributed by atoms with Gasteiger partial charge in [-0.15, -0.1) is 0 Å². The summed E-state index contributed by atoms with van der Waals surface area (Å²) in [5.74, 6) is -0.503. The summed E-state index contributed by atoms with van der Waals surface area (Å²) in [5, 5.41) is 10.0. The Labute approximate surface area is 152 Å². The number of aromatic nitrogens is 2. The van der Waals surface area contributed by atoms with Gasteiger partial charge in [-0.05, 0) is 40.2 Å². The van der Waals surface area contributed by atoms with E-state index < -0.39 is 6.17 Å². The van der Waals surface area contributed by atoms with E-state index in [-0.39, 0.29) is 11.7 Å². The lowest BCUT2D eigenvalue weighted by atomic mass is 10.0. The lowest BCUT2D eigenvalue weighted by molar-refractivity contribution is 0.0928. The predicted molar refractivity (Wildman–Crippen MR) is 96.7 cm³/mol. The van der Waals surface area contributed by atoms with Crippen molar-refractivity contribution in [1.29, 1.82) is 0 Å². The highest BCUT2D eigenvalue weighted by molar-refractivity contribution is 9.10. The van der Waals surface area contributed by atoms with Crippen LogP contribution in [0, 0.1) is 5.82 Å². The van der Waals surface area contributed by atoms with E-state index in [1.807, 2.05) is 30.1 Å².